The van der Waals surface area contributed by atoms with Crippen molar-refractivity contribution >= 4 is 17.9 Å². The summed E-state index contributed by atoms with van der Waals surface area (Å²) in [7, 11) is 0. The van der Waals surface area contributed by atoms with Crippen LogP contribution in [0.5, 0.6) is 0 Å². The van der Waals surface area contributed by atoms with Gasteiger partial charge in [0.2, 0.25) is 0 Å². The van der Waals surface area contributed by atoms with Gasteiger partial charge in [-0.15, -0.1) is 0 Å². The van der Waals surface area contributed by atoms with Crippen molar-refractivity contribution in [3.05, 3.63) is 0 Å². The monoisotopic (exact) mass is 215 g/mol. The maximum Gasteiger partial charge on any atom is 0.330 e. The molecule has 2 N–H and O–H groups in total. The Balaban J connectivity index is 2.43. The van der Waals surface area contributed by atoms with Gasteiger partial charge >= 0.3 is 17.9 Å². The standard InChI is InChI=1S/C9H13NO5/c1-5(7(11)12)8(13)15-9(14)6-3-2-4-10-6/h5-6,10H,2-4H2,1H3,(H,11,12)/t5?,6-/m0/s1. The maximum absolute atomic E-state index is 11.3. The van der Waals surface area contributed by atoms with Crippen molar-refractivity contribution in [1.82, 2.24) is 5.32 Å². The molecule has 0 saturated carbocycles. The highest BCUT2D eigenvalue weighted by Crippen LogP contribution is 2.08. The van der Waals surface area contributed by atoms with Crippen LogP contribution in [0.2, 0.25) is 0 Å². The van der Waals surface area contributed by atoms with Crippen LogP contribution in [0.25, 0.3) is 0 Å². The minimum Gasteiger partial charge on any atom is -0.481 e. The molecule has 0 spiro atoms. The summed E-state index contributed by atoms with van der Waals surface area (Å²) in [4.78, 5) is 32.8. The minimum atomic E-state index is -1.31. The largest absolute Gasteiger partial charge is 0.481 e. The Hall–Kier alpha value is -1.43. The Morgan fingerprint density at radius 1 is 1.47 bits per heavy atom. The van der Waals surface area contributed by atoms with Crippen molar-refractivity contribution in [2.45, 2.75) is 25.8 Å². The van der Waals surface area contributed by atoms with Gasteiger partial charge in [-0.2, -0.15) is 0 Å². The molecule has 0 aliphatic carbocycles. The van der Waals surface area contributed by atoms with Gasteiger partial charge in [0.05, 0.1) is 0 Å². The molecule has 1 unspecified atom stereocenters. The fraction of sp³-hybridized carbons (Fsp3) is 0.667. The number of rotatable bonds is 3. The van der Waals surface area contributed by atoms with Crippen LogP contribution >= 0.6 is 0 Å². The molecule has 84 valence electrons. The van der Waals surface area contributed by atoms with Crippen molar-refractivity contribution in [3.63, 3.8) is 0 Å². The summed E-state index contributed by atoms with van der Waals surface area (Å²) in [5.41, 5.74) is 0. The number of nitrogens with one attached hydrogen (secondary N) is 1. The smallest absolute Gasteiger partial charge is 0.330 e. The second-order valence-corrected chi connectivity index (χ2v) is 3.45. The number of carbonyl (C=O) groups is 3. The number of aliphatic carboxylic acids is 1. The summed E-state index contributed by atoms with van der Waals surface area (Å²) in [6, 6.07) is -0.477. The highest BCUT2D eigenvalue weighted by molar-refractivity contribution is 5.99. The Bertz CT molecular complexity index is 282. The quantitative estimate of drug-likeness (QED) is 0.488. The number of carboxylic acid groups (broad SMARTS) is 1. The lowest BCUT2D eigenvalue weighted by molar-refractivity contribution is -0.166. The van der Waals surface area contributed by atoms with Gasteiger partial charge in [0.15, 0.2) is 5.92 Å². The van der Waals surface area contributed by atoms with Gasteiger partial charge in [-0.05, 0) is 26.3 Å². The van der Waals surface area contributed by atoms with Crippen LogP contribution in [0.4, 0.5) is 0 Å². The van der Waals surface area contributed by atoms with Gasteiger partial charge in [-0.3, -0.25) is 9.59 Å². The molecule has 1 aliphatic heterocycles. The Labute approximate surface area is 86.6 Å². The molecule has 6 nitrogen and oxygen atoms in total. The third kappa shape index (κ3) is 3.02. The van der Waals surface area contributed by atoms with Crippen LogP contribution < -0.4 is 5.32 Å². The summed E-state index contributed by atoms with van der Waals surface area (Å²) >= 11 is 0. The first-order valence-electron chi connectivity index (χ1n) is 4.74. The van der Waals surface area contributed by atoms with E-state index >= 15 is 0 Å². The third-order valence-electron chi connectivity index (χ3n) is 2.27. The zero-order valence-corrected chi connectivity index (χ0v) is 8.36. The Morgan fingerprint density at radius 3 is 2.60 bits per heavy atom. The Kier molecular flexibility index (Phi) is 3.79. The van der Waals surface area contributed by atoms with E-state index in [0.717, 1.165) is 6.42 Å². The van der Waals surface area contributed by atoms with E-state index in [2.05, 4.69) is 10.1 Å². The zero-order valence-electron chi connectivity index (χ0n) is 8.36. The number of hydrogen-bond acceptors (Lipinski definition) is 5. The van der Waals surface area contributed by atoms with E-state index in [-0.39, 0.29) is 0 Å². The van der Waals surface area contributed by atoms with Gasteiger partial charge in [-0.25, -0.2) is 4.79 Å². The van der Waals surface area contributed by atoms with Gasteiger partial charge in [0, 0.05) is 0 Å². The molecule has 6 heteroatoms. The zero-order chi connectivity index (χ0) is 11.4. The van der Waals surface area contributed by atoms with Crippen LogP contribution in [-0.4, -0.2) is 35.6 Å². The van der Waals surface area contributed by atoms with Crippen LogP contribution in [-0.2, 0) is 19.1 Å². The van der Waals surface area contributed by atoms with E-state index in [1.165, 1.54) is 6.92 Å². The molecular formula is C9H13NO5. The molecule has 0 bridgehead atoms. The fourth-order valence-corrected chi connectivity index (χ4v) is 1.25. The molecule has 1 aliphatic rings. The molecule has 1 saturated heterocycles. The van der Waals surface area contributed by atoms with Crippen molar-refractivity contribution in [2.24, 2.45) is 5.92 Å². The van der Waals surface area contributed by atoms with Gasteiger partial charge in [-0.1, -0.05) is 0 Å². The summed E-state index contributed by atoms with van der Waals surface area (Å²) < 4.78 is 4.44. The first-order chi connectivity index (χ1) is 7.02. The van der Waals surface area contributed by atoms with Crippen LogP contribution in [0.1, 0.15) is 19.8 Å². The van der Waals surface area contributed by atoms with E-state index in [4.69, 9.17) is 5.11 Å². The number of ether oxygens (including phenoxy) is 1. The molecular weight excluding hydrogens is 202 g/mol. The number of carboxylic acids is 1. The summed E-state index contributed by atoms with van der Waals surface area (Å²) in [6.45, 7) is 1.89. The van der Waals surface area contributed by atoms with Crippen LogP contribution in [0.3, 0.4) is 0 Å². The predicted molar refractivity (Wildman–Crippen MR) is 48.9 cm³/mol. The summed E-state index contributed by atoms with van der Waals surface area (Å²) in [5, 5.41) is 11.4. The normalized spacial score (nSPS) is 22.1. The molecule has 0 aromatic heterocycles. The van der Waals surface area contributed by atoms with E-state index in [0.29, 0.717) is 13.0 Å². The van der Waals surface area contributed by atoms with Gasteiger partial charge in [0.25, 0.3) is 0 Å². The van der Waals surface area contributed by atoms with Crippen molar-refractivity contribution < 1.29 is 24.2 Å². The molecule has 15 heavy (non-hydrogen) atoms. The van der Waals surface area contributed by atoms with E-state index in [1.807, 2.05) is 0 Å². The van der Waals surface area contributed by atoms with Gasteiger partial charge < -0.3 is 15.2 Å². The van der Waals surface area contributed by atoms with Gasteiger partial charge in [0.1, 0.15) is 6.04 Å². The molecule has 1 heterocycles. The average Bonchev–Trinajstić information content (AvgIpc) is 2.68. The molecule has 0 radical (unpaired) electrons. The predicted octanol–water partition coefficient (Wildman–Crippen LogP) is -0.471. The molecule has 1 rings (SSSR count). The maximum atomic E-state index is 11.3. The van der Waals surface area contributed by atoms with E-state index in [9.17, 15) is 14.4 Å². The first-order valence-corrected chi connectivity index (χ1v) is 4.74. The van der Waals surface area contributed by atoms with Crippen molar-refractivity contribution in [1.29, 1.82) is 0 Å². The lowest BCUT2D eigenvalue weighted by atomic mass is 10.2. The highest BCUT2D eigenvalue weighted by atomic mass is 16.6. The van der Waals surface area contributed by atoms with Crippen molar-refractivity contribution in [2.75, 3.05) is 6.54 Å². The number of carbonyl (C=O) groups excluding carboxylic acids is 2. The molecule has 1 fully saturated rings. The molecule has 0 aromatic rings. The molecule has 2 atom stereocenters. The summed E-state index contributed by atoms with van der Waals surface area (Å²) in [6.07, 6.45) is 1.47. The third-order valence-corrected chi connectivity index (χ3v) is 2.27. The number of hydrogen-bond donors (Lipinski definition) is 2. The first kappa shape index (κ1) is 11.6. The number of esters is 2. The topological polar surface area (TPSA) is 92.7 Å². The lowest BCUT2D eigenvalue weighted by Crippen LogP contribution is -2.36. The second-order valence-electron chi connectivity index (χ2n) is 3.45. The SMILES string of the molecule is CC(C(=O)O)C(=O)OC(=O)[C@@H]1CCCN1. The molecule has 0 amide bonds. The second kappa shape index (κ2) is 4.88. The summed E-state index contributed by atoms with van der Waals surface area (Å²) in [5.74, 6) is -4.31. The minimum absolute atomic E-state index is 0.477. The molecule has 0 aromatic carbocycles. The van der Waals surface area contributed by atoms with Crippen LogP contribution in [0, 0.1) is 5.92 Å². The van der Waals surface area contributed by atoms with Crippen LogP contribution in [0.15, 0.2) is 0 Å². The lowest BCUT2D eigenvalue weighted by Gasteiger charge is -2.10. The average molecular weight is 215 g/mol. The van der Waals surface area contributed by atoms with E-state index < -0.39 is 29.9 Å². The fourth-order valence-electron chi connectivity index (χ4n) is 1.25. The van der Waals surface area contributed by atoms with Crippen molar-refractivity contribution in [3.8, 4) is 0 Å². The van der Waals surface area contributed by atoms with E-state index in [1.54, 1.807) is 0 Å². The highest BCUT2D eigenvalue weighted by Gasteiger charge is 2.29. The Morgan fingerprint density at radius 2 is 2.13 bits per heavy atom.